The molecule has 0 atom stereocenters. The van der Waals surface area contributed by atoms with Gasteiger partial charge in [0, 0.05) is 27.7 Å². The first-order valence-corrected chi connectivity index (χ1v) is 4.43. The Labute approximate surface area is 85.3 Å². The average molecular weight is 213 g/mol. The van der Waals surface area contributed by atoms with Crippen molar-refractivity contribution in [2.75, 3.05) is 5.73 Å². The predicted octanol–water partition coefficient (Wildman–Crippen LogP) is 3.12. The first-order valence-electron chi connectivity index (χ1n) is 3.68. The number of nitrogens with zero attached hydrogens (tertiary/aromatic N) is 1. The van der Waals surface area contributed by atoms with Gasteiger partial charge in [0.15, 0.2) is 0 Å². The lowest BCUT2D eigenvalue weighted by Crippen LogP contribution is -1.88. The van der Waals surface area contributed by atoms with Gasteiger partial charge in [-0.05, 0) is 18.2 Å². The highest BCUT2D eigenvalue weighted by atomic mass is 35.5. The SMILES string of the molecule is Nc1cc(Cl)cc2c(Cl)nccc12. The number of hydrogen-bond donors (Lipinski definition) is 1. The summed E-state index contributed by atoms with van der Waals surface area (Å²) in [5.41, 5.74) is 6.37. The lowest BCUT2D eigenvalue weighted by atomic mass is 10.1. The summed E-state index contributed by atoms with van der Waals surface area (Å²) < 4.78 is 0. The molecule has 0 fully saturated rings. The van der Waals surface area contributed by atoms with E-state index in [-0.39, 0.29) is 0 Å². The fourth-order valence-electron chi connectivity index (χ4n) is 1.24. The lowest BCUT2D eigenvalue weighted by Gasteiger charge is -2.03. The van der Waals surface area contributed by atoms with Crippen LogP contribution < -0.4 is 5.73 Å². The van der Waals surface area contributed by atoms with E-state index >= 15 is 0 Å². The van der Waals surface area contributed by atoms with Crippen LogP contribution in [-0.2, 0) is 0 Å². The van der Waals surface area contributed by atoms with Crippen LogP contribution in [0.25, 0.3) is 10.8 Å². The molecule has 0 aliphatic carbocycles. The molecule has 2 aromatic rings. The molecule has 2 rings (SSSR count). The summed E-state index contributed by atoms with van der Waals surface area (Å²) in [4.78, 5) is 3.94. The van der Waals surface area contributed by atoms with Crippen LogP contribution in [0.2, 0.25) is 10.2 Å². The Bertz CT molecular complexity index is 468. The first kappa shape index (κ1) is 8.60. The maximum absolute atomic E-state index is 5.88. The number of pyridine rings is 1. The Kier molecular flexibility index (Phi) is 2.02. The Morgan fingerprint density at radius 3 is 2.69 bits per heavy atom. The van der Waals surface area contributed by atoms with Crippen molar-refractivity contribution < 1.29 is 0 Å². The number of aromatic nitrogens is 1. The van der Waals surface area contributed by atoms with E-state index in [2.05, 4.69) is 4.98 Å². The van der Waals surface area contributed by atoms with E-state index in [1.54, 1.807) is 18.3 Å². The molecular weight excluding hydrogens is 207 g/mol. The third kappa shape index (κ3) is 1.43. The minimum absolute atomic E-state index is 0.423. The quantitative estimate of drug-likeness (QED) is 0.539. The van der Waals surface area contributed by atoms with Crippen LogP contribution in [0.4, 0.5) is 5.69 Å². The summed E-state index contributed by atoms with van der Waals surface area (Å²) in [7, 11) is 0. The molecule has 0 amide bonds. The van der Waals surface area contributed by atoms with Gasteiger partial charge in [0.1, 0.15) is 5.15 Å². The van der Waals surface area contributed by atoms with Crippen molar-refractivity contribution >= 4 is 39.7 Å². The maximum Gasteiger partial charge on any atom is 0.136 e. The van der Waals surface area contributed by atoms with Crippen molar-refractivity contribution in [3.05, 3.63) is 34.6 Å². The van der Waals surface area contributed by atoms with Gasteiger partial charge in [-0.1, -0.05) is 23.2 Å². The summed E-state index contributed by atoms with van der Waals surface area (Å²) in [6, 6.07) is 5.26. The Balaban J connectivity index is 2.94. The van der Waals surface area contributed by atoms with Crippen LogP contribution >= 0.6 is 23.2 Å². The van der Waals surface area contributed by atoms with Crippen LogP contribution in [0.1, 0.15) is 0 Å². The fraction of sp³-hybridized carbons (Fsp3) is 0. The second-order valence-electron chi connectivity index (χ2n) is 2.69. The van der Waals surface area contributed by atoms with Gasteiger partial charge in [-0.3, -0.25) is 0 Å². The molecule has 13 heavy (non-hydrogen) atoms. The largest absolute Gasteiger partial charge is 0.398 e. The van der Waals surface area contributed by atoms with E-state index in [0.717, 1.165) is 10.8 Å². The number of nitrogens with two attached hydrogens (primary N) is 1. The number of rotatable bonds is 0. The number of anilines is 1. The van der Waals surface area contributed by atoms with Crippen molar-refractivity contribution in [3.63, 3.8) is 0 Å². The second kappa shape index (κ2) is 3.05. The number of fused-ring (bicyclic) bond motifs is 1. The molecule has 2 nitrogen and oxygen atoms in total. The predicted molar refractivity (Wildman–Crippen MR) is 56.2 cm³/mol. The summed E-state index contributed by atoms with van der Waals surface area (Å²) >= 11 is 11.7. The zero-order valence-electron chi connectivity index (χ0n) is 6.59. The van der Waals surface area contributed by atoms with Crippen LogP contribution in [-0.4, -0.2) is 4.98 Å². The maximum atomic E-state index is 5.88. The number of hydrogen-bond acceptors (Lipinski definition) is 2. The number of nitrogen functional groups attached to an aromatic ring is 1. The van der Waals surface area contributed by atoms with E-state index in [0.29, 0.717) is 15.9 Å². The van der Waals surface area contributed by atoms with Gasteiger partial charge in [-0.15, -0.1) is 0 Å². The molecule has 1 heterocycles. The Morgan fingerprint density at radius 1 is 1.15 bits per heavy atom. The standard InChI is InChI=1S/C9H6Cl2N2/c10-5-3-7-6(8(12)4-5)1-2-13-9(7)11/h1-4H,12H2. The monoisotopic (exact) mass is 212 g/mol. The lowest BCUT2D eigenvalue weighted by molar-refractivity contribution is 1.36. The molecule has 1 aromatic heterocycles. The van der Waals surface area contributed by atoms with Crippen LogP contribution in [0.3, 0.4) is 0 Å². The highest BCUT2D eigenvalue weighted by molar-refractivity contribution is 6.36. The minimum atomic E-state index is 0.423. The van der Waals surface area contributed by atoms with E-state index in [4.69, 9.17) is 28.9 Å². The van der Waals surface area contributed by atoms with E-state index < -0.39 is 0 Å². The molecule has 1 aromatic carbocycles. The van der Waals surface area contributed by atoms with Gasteiger partial charge in [0.25, 0.3) is 0 Å². The highest BCUT2D eigenvalue weighted by Crippen LogP contribution is 2.29. The summed E-state index contributed by atoms with van der Waals surface area (Å²) in [6.45, 7) is 0. The molecule has 0 radical (unpaired) electrons. The van der Waals surface area contributed by atoms with Crippen molar-refractivity contribution in [1.82, 2.24) is 4.98 Å². The van der Waals surface area contributed by atoms with Crippen molar-refractivity contribution in [1.29, 1.82) is 0 Å². The highest BCUT2D eigenvalue weighted by Gasteiger charge is 2.03. The zero-order valence-corrected chi connectivity index (χ0v) is 8.10. The average Bonchev–Trinajstić information content (AvgIpc) is 2.07. The Hall–Kier alpha value is -0.990. The van der Waals surface area contributed by atoms with Crippen molar-refractivity contribution in [2.24, 2.45) is 0 Å². The van der Waals surface area contributed by atoms with Gasteiger partial charge in [0.05, 0.1) is 0 Å². The summed E-state index contributed by atoms with van der Waals surface area (Å²) in [6.07, 6.45) is 1.62. The van der Waals surface area contributed by atoms with Gasteiger partial charge in [0.2, 0.25) is 0 Å². The van der Waals surface area contributed by atoms with Crippen molar-refractivity contribution in [3.8, 4) is 0 Å². The Morgan fingerprint density at radius 2 is 1.92 bits per heavy atom. The zero-order chi connectivity index (χ0) is 9.42. The number of benzene rings is 1. The van der Waals surface area contributed by atoms with Gasteiger partial charge in [-0.25, -0.2) is 4.98 Å². The molecular formula is C9H6Cl2N2. The molecule has 4 heteroatoms. The summed E-state index contributed by atoms with van der Waals surface area (Å²) in [5.74, 6) is 0. The van der Waals surface area contributed by atoms with Gasteiger partial charge in [-0.2, -0.15) is 0 Å². The van der Waals surface area contributed by atoms with Gasteiger partial charge < -0.3 is 5.73 Å². The number of halogens is 2. The van der Waals surface area contributed by atoms with Crippen LogP contribution in [0.5, 0.6) is 0 Å². The molecule has 0 spiro atoms. The molecule has 2 N–H and O–H groups in total. The van der Waals surface area contributed by atoms with E-state index in [1.807, 2.05) is 6.07 Å². The molecule has 0 saturated heterocycles. The van der Waals surface area contributed by atoms with E-state index in [9.17, 15) is 0 Å². The molecule has 0 bridgehead atoms. The molecule has 0 unspecified atom stereocenters. The van der Waals surface area contributed by atoms with Crippen molar-refractivity contribution in [2.45, 2.75) is 0 Å². The summed E-state index contributed by atoms with van der Waals surface area (Å²) in [5, 5.41) is 2.66. The van der Waals surface area contributed by atoms with E-state index in [1.165, 1.54) is 0 Å². The van der Waals surface area contributed by atoms with Crippen LogP contribution in [0, 0.1) is 0 Å². The van der Waals surface area contributed by atoms with Gasteiger partial charge >= 0.3 is 0 Å². The smallest absolute Gasteiger partial charge is 0.136 e. The third-order valence-corrected chi connectivity index (χ3v) is 2.35. The minimum Gasteiger partial charge on any atom is -0.398 e. The topological polar surface area (TPSA) is 38.9 Å². The molecule has 66 valence electrons. The molecule has 0 aliphatic rings. The van der Waals surface area contributed by atoms with Crippen LogP contribution in [0.15, 0.2) is 24.4 Å². The first-order chi connectivity index (χ1) is 6.18. The fourth-order valence-corrected chi connectivity index (χ4v) is 1.68. The second-order valence-corrected chi connectivity index (χ2v) is 3.49. The molecule has 0 saturated carbocycles. The third-order valence-electron chi connectivity index (χ3n) is 1.83. The normalized spacial score (nSPS) is 10.6. The molecule has 0 aliphatic heterocycles.